The number of rotatable bonds is 7. The van der Waals surface area contributed by atoms with E-state index >= 15 is 0 Å². The first-order valence-corrected chi connectivity index (χ1v) is 14.4. The summed E-state index contributed by atoms with van der Waals surface area (Å²) in [6.45, 7) is 2.52. The van der Waals surface area contributed by atoms with Crippen molar-refractivity contribution in [3.8, 4) is 0 Å². The molecule has 4 fully saturated rings. The van der Waals surface area contributed by atoms with Crippen molar-refractivity contribution in [2.24, 2.45) is 34.5 Å². The molecule has 2 N–H and O–H groups in total. The number of carbonyl (C=O) groups is 2. The third kappa shape index (κ3) is 4.99. The Hall–Kier alpha value is 0.636. The molecule has 0 aromatic rings. The minimum Gasteiger partial charge on any atom is -0.705 e. The Labute approximate surface area is 253 Å². The van der Waals surface area contributed by atoms with E-state index in [1.807, 2.05) is 0 Å². The Kier molecular flexibility index (Phi) is 9.14. The Morgan fingerprint density at radius 2 is 1.75 bits per heavy atom. The smallest absolute Gasteiger partial charge is 0.705 e. The summed E-state index contributed by atoms with van der Waals surface area (Å²) in [6.07, 6.45) is 2.82. The number of Topliss-reactive ketones (excluding diaryl/α,β-unsaturated/α-hetero) is 2. The van der Waals surface area contributed by atoms with Crippen LogP contribution in [0.5, 0.6) is 0 Å². The number of carbonyl (C=O) groups excluding carboxylic acids is 2. The minimum atomic E-state index is -5.51. The van der Waals surface area contributed by atoms with Crippen LogP contribution in [0.25, 0.3) is 0 Å². The van der Waals surface area contributed by atoms with E-state index in [9.17, 15) is 41.9 Å². The van der Waals surface area contributed by atoms with Gasteiger partial charge in [-0.05, 0) is 68.1 Å². The second kappa shape index (κ2) is 10.6. The summed E-state index contributed by atoms with van der Waals surface area (Å²) in [6, 6.07) is 0. The van der Waals surface area contributed by atoms with Crippen molar-refractivity contribution in [3.63, 3.8) is 0 Å². The maximum absolute atomic E-state index is 13.7. The third-order valence-electron chi connectivity index (χ3n) is 9.53. The summed E-state index contributed by atoms with van der Waals surface area (Å²) in [5.74, 6) is -1.82. The molecule has 15 heteroatoms. The zero-order chi connectivity index (χ0) is 26.0. The maximum atomic E-state index is 13.7. The van der Waals surface area contributed by atoms with E-state index in [1.54, 1.807) is 6.92 Å². The number of aliphatic hydroxyl groups excluding tert-OH is 2. The van der Waals surface area contributed by atoms with Crippen molar-refractivity contribution in [1.29, 1.82) is 0 Å². The number of hydrogen-bond donors (Lipinski definition) is 2. The quantitative estimate of drug-likeness (QED) is 0.174. The molecule has 12 nitrogen and oxygen atoms in total. The Balaban J connectivity index is 0.00000361. The molecule has 0 aromatic carbocycles. The van der Waals surface area contributed by atoms with Gasteiger partial charge in [0.1, 0.15) is 12.4 Å². The number of aliphatic hydroxyl groups is 2. The molecule has 200 valence electrons. The van der Waals surface area contributed by atoms with E-state index in [4.69, 9.17) is 4.18 Å². The van der Waals surface area contributed by atoms with Gasteiger partial charge in [-0.1, -0.05) is 13.8 Å². The molecule has 36 heavy (non-hydrogen) atoms. The fourth-order valence-corrected chi connectivity index (χ4v) is 9.84. The van der Waals surface area contributed by atoms with Crippen LogP contribution in [-0.2, 0) is 42.5 Å². The molecule has 4 saturated carbocycles. The SMILES string of the molecule is C[C@]12CC[C@@H](O)C[C@H]1CC[C@@H]1[C@@H]2C(=O)C[C@@]2(C)[C@H]1CC[C@]2(OS(=O)(=O)OS(=O)(=O)O[O-])C(=O)CO.[K+]. The van der Waals surface area contributed by atoms with Crippen LogP contribution in [0.3, 0.4) is 0 Å². The molecular weight excluding hydrogens is 547 g/mol. The maximum Gasteiger partial charge on any atom is 1.00 e. The first-order chi connectivity index (χ1) is 16.1. The molecule has 8 atom stereocenters. The van der Waals surface area contributed by atoms with Crippen molar-refractivity contribution < 1.29 is 105 Å². The average Bonchev–Trinajstić information content (AvgIpc) is 3.04. The normalized spacial score (nSPS) is 42.6. The zero-order valence-electron chi connectivity index (χ0n) is 20.5. The van der Waals surface area contributed by atoms with Gasteiger partial charge in [0.2, 0.25) is 0 Å². The molecule has 0 saturated heterocycles. The van der Waals surface area contributed by atoms with Gasteiger partial charge in [0.25, 0.3) is 0 Å². The molecule has 0 bridgehead atoms. The number of hydrogen-bond acceptors (Lipinski definition) is 12. The zero-order valence-corrected chi connectivity index (χ0v) is 25.3. The van der Waals surface area contributed by atoms with Crippen molar-refractivity contribution in [3.05, 3.63) is 0 Å². The minimum absolute atomic E-state index is 0. The van der Waals surface area contributed by atoms with E-state index in [-0.39, 0.29) is 99.1 Å². The molecule has 0 aliphatic heterocycles. The molecule has 0 heterocycles. The van der Waals surface area contributed by atoms with Gasteiger partial charge >= 0.3 is 72.2 Å². The molecule has 0 spiro atoms. The summed E-state index contributed by atoms with van der Waals surface area (Å²) in [5.41, 5.74) is -3.96. The monoisotopic (exact) mass is 578 g/mol. The fraction of sp³-hybridized carbons (Fsp3) is 0.905. The second-order valence-electron chi connectivity index (χ2n) is 11.0. The fourth-order valence-electron chi connectivity index (χ4n) is 8.11. The Morgan fingerprint density at radius 1 is 1.08 bits per heavy atom. The van der Waals surface area contributed by atoms with Crippen LogP contribution in [0.1, 0.15) is 65.2 Å². The molecular formula is C21H31KO12S2. The van der Waals surface area contributed by atoms with E-state index < -0.39 is 50.3 Å². The third-order valence-corrected chi connectivity index (χ3v) is 11.5. The van der Waals surface area contributed by atoms with Gasteiger partial charge in [-0.15, -0.1) is 3.63 Å². The van der Waals surface area contributed by atoms with Crippen molar-refractivity contribution in [1.82, 2.24) is 0 Å². The van der Waals surface area contributed by atoms with E-state index in [0.717, 1.165) is 6.42 Å². The van der Waals surface area contributed by atoms with Crippen LogP contribution in [0, 0.1) is 34.5 Å². The van der Waals surface area contributed by atoms with Gasteiger partial charge in [-0.25, -0.2) is 4.18 Å². The molecule has 4 rings (SSSR count). The molecule has 0 amide bonds. The van der Waals surface area contributed by atoms with Gasteiger partial charge in [0.15, 0.2) is 11.4 Å². The average molecular weight is 579 g/mol. The van der Waals surface area contributed by atoms with Gasteiger partial charge in [0.05, 0.1) is 6.10 Å². The van der Waals surface area contributed by atoms with Crippen molar-refractivity contribution >= 4 is 32.4 Å². The molecule has 4 aliphatic carbocycles. The summed E-state index contributed by atoms with van der Waals surface area (Å²) < 4.78 is 59.1. The summed E-state index contributed by atoms with van der Waals surface area (Å²) in [4.78, 5) is 26.8. The Morgan fingerprint density at radius 3 is 2.36 bits per heavy atom. The van der Waals surface area contributed by atoms with E-state index in [0.29, 0.717) is 32.1 Å². The molecule has 0 unspecified atom stereocenters. The van der Waals surface area contributed by atoms with Gasteiger partial charge in [-0.3, -0.25) is 9.59 Å². The first-order valence-electron chi connectivity index (χ1n) is 11.7. The van der Waals surface area contributed by atoms with Crippen molar-refractivity contribution in [2.45, 2.75) is 76.9 Å². The van der Waals surface area contributed by atoms with Crippen LogP contribution in [0.15, 0.2) is 0 Å². The Bertz CT molecular complexity index is 1110. The summed E-state index contributed by atoms with van der Waals surface area (Å²) in [5, 5.41) is 30.2. The first kappa shape index (κ1) is 31.2. The van der Waals surface area contributed by atoms with Gasteiger partial charge in [-0.2, -0.15) is 16.8 Å². The number of ketones is 2. The van der Waals surface area contributed by atoms with Crippen LogP contribution < -0.4 is 56.6 Å². The standard InChI is InChI=1S/C21H32O12S2.K/c1-19-7-5-13(23)9-12(19)3-4-14-15-6-8-21(17(25)11-22,20(15,2)10-16(24)18(14)19)31-34(27,28)33-35(29,30)32-26;/h12-15,18,22-23,26H,3-11H2,1-2H3;/q;+1/p-1/t12-,13-,14+,15+,18-,19+,20+,21+;/m1./s1. The van der Waals surface area contributed by atoms with Crippen molar-refractivity contribution in [2.75, 3.05) is 6.61 Å². The predicted octanol–water partition coefficient (Wildman–Crippen LogP) is -3.31. The van der Waals surface area contributed by atoms with E-state index in [1.165, 1.54) is 0 Å². The second-order valence-corrected chi connectivity index (χ2v) is 13.5. The topological polar surface area (TPSA) is 194 Å². The van der Waals surface area contributed by atoms with Gasteiger partial charge < -0.3 is 19.8 Å². The molecule has 4 aliphatic rings. The van der Waals surface area contributed by atoms with E-state index in [2.05, 4.69) is 14.9 Å². The molecule has 0 aromatic heterocycles. The van der Waals surface area contributed by atoms with Crippen LogP contribution in [-0.4, -0.2) is 56.9 Å². The van der Waals surface area contributed by atoms with Crippen LogP contribution in [0.2, 0.25) is 0 Å². The summed E-state index contributed by atoms with van der Waals surface area (Å²) >= 11 is 0. The number of fused-ring (bicyclic) bond motifs is 5. The van der Waals surface area contributed by atoms with Crippen LogP contribution >= 0.6 is 0 Å². The van der Waals surface area contributed by atoms with Crippen LogP contribution in [0.4, 0.5) is 0 Å². The summed E-state index contributed by atoms with van der Waals surface area (Å²) in [7, 11) is -11.0. The largest absolute Gasteiger partial charge is 1.00 e. The molecule has 0 radical (unpaired) electrons. The predicted molar refractivity (Wildman–Crippen MR) is 114 cm³/mol. The van der Waals surface area contributed by atoms with Gasteiger partial charge in [0, 0.05) is 17.8 Å².